The van der Waals surface area contributed by atoms with Gasteiger partial charge in [0.1, 0.15) is 0 Å². The quantitative estimate of drug-likeness (QED) is 0.354. The Hall–Kier alpha value is -2.92. The van der Waals surface area contributed by atoms with Crippen molar-refractivity contribution in [3.05, 3.63) is 100 Å². The summed E-state index contributed by atoms with van der Waals surface area (Å²) in [4.78, 5) is 22.7. The zero-order valence-corrected chi connectivity index (χ0v) is 19.6. The molecule has 0 saturated carbocycles. The Labute approximate surface area is 203 Å². The van der Waals surface area contributed by atoms with E-state index >= 15 is 0 Å². The van der Waals surface area contributed by atoms with E-state index < -0.39 is 0 Å². The molecule has 4 aromatic rings. The Morgan fingerprint density at radius 3 is 2.30 bits per heavy atom. The molecule has 1 aromatic heterocycles. The summed E-state index contributed by atoms with van der Waals surface area (Å²) in [5.74, 6) is 0.0364. The molecule has 1 saturated heterocycles. The lowest BCUT2D eigenvalue weighted by atomic mass is 10.0. The molecule has 2 heterocycles. The number of fused-ring (bicyclic) bond motifs is 1. The molecule has 0 aliphatic carbocycles. The van der Waals surface area contributed by atoms with E-state index in [0.29, 0.717) is 34.4 Å². The number of benzene rings is 3. The largest absolute Gasteiger partial charge is 0.336 e. The Morgan fingerprint density at radius 2 is 1.55 bits per heavy atom. The average molecular weight is 476 g/mol. The first-order valence-corrected chi connectivity index (χ1v) is 11.7. The zero-order chi connectivity index (χ0) is 22.8. The van der Waals surface area contributed by atoms with Crippen molar-refractivity contribution in [2.45, 2.75) is 6.54 Å². The van der Waals surface area contributed by atoms with Crippen LogP contribution >= 0.6 is 23.2 Å². The number of rotatable bonds is 4. The van der Waals surface area contributed by atoms with E-state index in [2.05, 4.69) is 29.2 Å². The van der Waals surface area contributed by atoms with E-state index in [4.69, 9.17) is 28.2 Å². The second kappa shape index (κ2) is 9.52. The highest BCUT2D eigenvalue weighted by atomic mass is 35.5. The normalized spacial score (nSPS) is 14.5. The third-order valence-corrected chi connectivity index (χ3v) is 6.81. The van der Waals surface area contributed by atoms with Gasteiger partial charge >= 0.3 is 0 Å². The van der Waals surface area contributed by atoms with Crippen LogP contribution in [-0.2, 0) is 6.54 Å². The number of pyridine rings is 1. The molecule has 4 nitrogen and oxygen atoms in total. The minimum Gasteiger partial charge on any atom is -0.336 e. The molecule has 0 bridgehead atoms. The van der Waals surface area contributed by atoms with Crippen LogP contribution in [0.15, 0.2) is 78.9 Å². The fraction of sp³-hybridized carbons (Fsp3) is 0.185. The van der Waals surface area contributed by atoms with Crippen LogP contribution in [0.3, 0.4) is 0 Å². The van der Waals surface area contributed by atoms with Crippen LogP contribution in [0, 0.1) is 0 Å². The Balaban J connectivity index is 1.40. The number of nitrogens with zero attached hydrogens (tertiary/aromatic N) is 3. The van der Waals surface area contributed by atoms with Crippen molar-refractivity contribution in [3.8, 4) is 11.3 Å². The zero-order valence-electron chi connectivity index (χ0n) is 18.0. The van der Waals surface area contributed by atoms with Gasteiger partial charge in [-0.3, -0.25) is 9.69 Å². The Bertz CT molecular complexity index is 1300. The van der Waals surface area contributed by atoms with E-state index in [1.54, 1.807) is 12.1 Å². The van der Waals surface area contributed by atoms with Gasteiger partial charge < -0.3 is 4.90 Å². The van der Waals surface area contributed by atoms with Gasteiger partial charge in [-0.15, -0.1) is 0 Å². The number of hydrogen-bond donors (Lipinski definition) is 0. The maximum absolute atomic E-state index is 13.6. The van der Waals surface area contributed by atoms with Gasteiger partial charge in [0.05, 0.1) is 26.8 Å². The third kappa shape index (κ3) is 4.74. The van der Waals surface area contributed by atoms with Crippen molar-refractivity contribution in [1.82, 2.24) is 14.8 Å². The smallest absolute Gasteiger partial charge is 0.254 e. The molecule has 1 amide bonds. The maximum Gasteiger partial charge on any atom is 0.254 e. The monoisotopic (exact) mass is 475 g/mol. The van der Waals surface area contributed by atoms with E-state index in [1.807, 2.05) is 47.4 Å². The molecule has 6 heteroatoms. The lowest BCUT2D eigenvalue weighted by molar-refractivity contribution is 0.0630. The molecular formula is C27H23Cl2N3O. The number of amides is 1. The molecule has 0 unspecified atom stereocenters. The van der Waals surface area contributed by atoms with Crippen LogP contribution in [0.25, 0.3) is 22.2 Å². The first-order valence-electron chi connectivity index (χ1n) is 11.0. The standard InChI is InChI=1S/C27H23Cl2N3O/c28-23-11-10-20(16-24(23)29)26-17-22(21-8-4-5-9-25(21)30-26)27(33)32-14-12-31(13-15-32)18-19-6-2-1-3-7-19/h1-11,16-17H,12-15,18H2. The fourth-order valence-corrected chi connectivity index (χ4v) is 4.57. The van der Waals surface area contributed by atoms with Crippen molar-refractivity contribution < 1.29 is 4.79 Å². The molecule has 0 spiro atoms. The molecule has 33 heavy (non-hydrogen) atoms. The second-order valence-corrected chi connectivity index (χ2v) is 9.07. The van der Waals surface area contributed by atoms with Crippen LogP contribution in [0.2, 0.25) is 10.0 Å². The minimum absolute atomic E-state index is 0.0364. The lowest BCUT2D eigenvalue weighted by Crippen LogP contribution is -2.48. The number of aromatic nitrogens is 1. The topological polar surface area (TPSA) is 36.4 Å². The highest BCUT2D eigenvalue weighted by Gasteiger charge is 2.24. The summed E-state index contributed by atoms with van der Waals surface area (Å²) in [6.45, 7) is 4.00. The van der Waals surface area contributed by atoms with E-state index in [-0.39, 0.29) is 5.91 Å². The van der Waals surface area contributed by atoms with Crippen LogP contribution in [0.4, 0.5) is 0 Å². The van der Waals surface area contributed by atoms with Gasteiger partial charge in [0, 0.05) is 43.7 Å². The Morgan fingerprint density at radius 1 is 0.818 bits per heavy atom. The van der Waals surface area contributed by atoms with E-state index in [0.717, 1.165) is 36.1 Å². The molecule has 166 valence electrons. The molecular weight excluding hydrogens is 453 g/mol. The summed E-state index contributed by atoms with van der Waals surface area (Å²) in [6, 6.07) is 25.5. The SMILES string of the molecule is O=C(c1cc(-c2ccc(Cl)c(Cl)c2)nc2ccccc12)N1CCN(Cc2ccccc2)CC1. The maximum atomic E-state index is 13.6. The summed E-state index contributed by atoms with van der Waals surface area (Å²) >= 11 is 12.3. The molecule has 5 rings (SSSR count). The average Bonchev–Trinajstić information content (AvgIpc) is 2.86. The molecule has 3 aromatic carbocycles. The number of halogens is 2. The van der Waals surface area contributed by atoms with Crippen molar-refractivity contribution >= 4 is 40.0 Å². The van der Waals surface area contributed by atoms with Crippen LogP contribution < -0.4 is 0 Å². The molecule has 0 radical (unpaired) electrons. The van der Waals surface area contributed by atoms with Crippen molar-refractivity contribution in [3.63, 3.8) is 0 Å². The van der Waals surface area contributed by atoms with Gasteiger partial charge in [0.2, 0.25) is 0 Å². The fourth-order valence-electron chi connectivity index (χ4n) is 4.28. The molecule has 1 aliphatic rings. The molecule has 1 fully saturated rings. The number of carbonyl (C=O) groups is 1. The summed E-state index contributed by atoms with van der Waals surface area (Å²) in [5, 5.41) is 1.82. The van der Waals surface area contributed by atoms with Gasteiger partial charge in [0.15, 0.2) is 0 Å². The number of hydrogen-bond acceptors (Lipinski definition) is 3. The van der Waals surface area contributed by atoms with Gasteiger partial charge in [-0.05, 0) is 29.8 Å². The second-order valence-electron chi connectivity index (χ2n) is 8.26. The highest BCUT2D eigenvalue weighted by Crippen LogP contribution is 2.30. The van der Waals surface area contributed by atoms with Crippen LogP contribution in [-0.4, -0.2) is 46.9 Å². The summed E-state index contributed by atoms with van der Waals surface area (Å²) in [7, 11) is 0. The summed E-state index contributed by atoms with van der Waals surface area (Å²) in [5.41, 5.74) is 4.28. The van der Waals surface area contributed by atoms with Gasteiger partial charge in [-0.25, -0.2) is 4.98 Å². The van der Waals surface area contributed by atoms with Crippen molar-refractivity contribution in [1.29, 1.82) is 0 Å². The van der Waals surface area contributed by atoms with E-state index in [9.17, 15) is 4.79 Å². The number of piperazine rings is 1. The van der Waals surface area contributed by atoms with Crippen LogP contribution in [0.5, 0.6) is 0 Å². The summed E-state index contributed by atoms with van der Waals surface area (Å²) in [6.07, 6.45) is 0. The molecule has 0 N–H and O–H groups in total. The molecule has 0 atom stereocenters. The third-order valence-electron chi connectivity index (χ3n) is 6.07. The van der Waals surface area contributed by atoms with Crippen molar-refractivity contribution in [2.24, 2.45) is 0 Å². The first-order chi connectivity index (χ1) is 16.1. The van der Waals surface area contributed by atoms with Crippen molar-refractivity contribution in [2.75, 3.05) is 26.2 Å². The lowest BCUT2D eigenvalue weighted by Gasteiger charge is -2.35. The number of para-hydroxylation sites is 1. The minimum atomic E-state index is 0.0364. The van der Waals surface area contributed by atoms with Gasteiger partial charge in [0.25, 0.3) is 5.91 Å². The number of carbonyl (C=O) groups excluding carboxylic acids is 1. The summed E-state index contributed by atoms with van der Waals surface area (Å²) < 4.78 is 0. The van der Waals surface area contributed by atoms with Crippen LogP contribution in [0.1, 0.15) is 15.9 Å². The predicted octanol–water partition coefficient (Wildman–Crippen LogP) is 6.17. The first kappa shape index (κ1) is 21.9. The van der Waals surface area contributed by atoms with E-state index in [1.165, 1.54) is 5.56 Å². The van der Waals surface area contributed by atoms with Gasteiger partial charge in [-0.2, -0.15) is 0 Å². The Kier molecular flexibility index (Phi) is 6.32. The highest BCUT2D eigenvalue weighted by molar-refractivity contribution is 6.42. The van der Waals surface area contributed by atoms with Gasteiger partial charge in [-0.1, -0.05) is 77.8 Å². The predicted molar refractivity (Wildman–Crippen MR) is 135 cm³/mol. The molecule has 1 aliphatic heterocycles.